The molecule has 1 aromatic rings. The number of benzene rings is 1. The summed E-state index contributed by atoms with van der Waals surface area (Å²) in [5.41, 5.74) is -0.290. The van der Waals surface area contributed by atoms with E-state index in [1.165, 1.54) is 0 Å². The molecule has 0 aliphatic carbocycles. The van der Waals surface area contributed by atoms with E-state index in [0.29, 0.717) is 10.8 Å². The predicted octanol–water partition coefficient (Wildman–Crippen LogP) is 3.59. The van der Waals surface area contributed by atoms with Crippen molar-refractivity contribution >= 4 is 23.5 Å². The van der Waals surface area contributed by atoms with Crippen LogP contribution in [0.1, 0.15) is 41.0 Å². The highest BCUT2D eigenvalue weighted by molar-refractivity contribution is 6.30. The van der Waals surface area contributed by atoms with Crippen LogP contribution in [-0.2, 0) is 14.3 Å². The van der Waals surface area contributed by atoms with E-state index in [-0.39, 0.29) is 30.1 Å². The second kappa shape index (κ2) is 8.38. The molecule has 0 saturated carbocycles. The first kappa shape index (κ1) is 20.3. The van der Waals surface area contributed by atoms with E-state index in [1.807, 2.05) is 13.8 Å². The average molecular weight is 356 g/mol. The molecular weight excluding hydrogens is 330 g/mol. The minimum absolute atomic E-state index is 0.0832. The van der Waals surface area contributed by atoms with E-state index in [1.54, 1.807) is 24.3 Å². The molecule has 0 unspecified atom stereocenters. The van der Waals surface area contributed by atoms with Crippen LogP contribution in [0.4, 0.5) is 0 Å². The lowest BCUT2D eigenvalue weighted by molar-refractivity contribution is -0.151. The first-order valence-electron chi connectivity index (χ1n) is 7.82. The molecule has 6 heteroatoms. The Kier molecular flexibility index (Phi) is 7.08. The van der Waals surface area contributed by atoms with Gasteiger partial charge in [-0.3, -0.25) is 4.79 Å². The molecule has 0 atom stereocenters. The van der Waals surface area contributed by atoms with Gasteiger partial charge in [-0.25, -0.2) is 4.79 Å². The fraction of sp³-hybridized carbons (Fsp3) is 0.556. The Bertz CT molecular complexity index is 561. The highest BCUT2D eigenvalue weighted by Gasteiger charge is 2.27. The smallest absolute Gasteiger partial charge is 0.344 e. The number of esters is 1. The summed E-state index contributed by atoms with van der Waals surface area (Å²) in [4.78, 5) is 23.5. The maximum atomic E-state index is 11.9. The molecule has 0 aromatic heterocycles. The Morgan fingerprint density at radius 2 is 1.62 bits per heavy atom. The van der Waals surface area contributed by atoms with Crippen molar-refractivity contribution in [2.45, 2.75) is 46.6 Å². The summed E-state index contributed by atoms with van der Waals surface area (Å²) in [6.45, 7) is 9.62. The van der Waals surface area contributed by atoms with Crippen LogP contribution in [0.15, 0.2) is 24.3 Å². The fourth-order valence-corrected chi connectivity index (χ4v) is 2.77. The second-order valence-electron chi connectivity index (χ2n) is 7.57. The van der Waals surface area contributed by atoms with Gasteiger partial charge in [0.1, 0.15) is 5.75 Å². The lowest BCUT2D eigenvalue weighted by atomic mass is 9.82. The van der Waals surface area contributed by atoms with Crippen molar-refractivity contribution in [3.8, 4) is 5.75 Å². The molecule has 0 fully saturated rings. The van der Waals surface area contributed by atoms with Gasteiger partial charge in [-0.15, -0.1) is 0 Å². The standard InChI is InChI=1S/C18H26ClNO4/c1-17(2,3)12-18(4,5)20-15(21)10-24-16(22)11-23-14-8-6-13(19)7-9-14/h6-9H,10-12H2,1-5H3,(H,20,21). The summed E-state index contributed by atoms with van der Waals surface area (Å²) < 4.78 is 10.2. The van der Waals surface area contributed by atoms with Crippen LogP contribution in [0.2, 0.25) is 5.02 Å². The van der Waals surface area contributed by atoms with E-state index >= 15 is 0 Å². The van der Waals surface area contributed by atoms with E-state index in [0.717, 1.165) is 6.42 Å². The third-order valence-electron chi connectivity index (χ3n) is 2.98. The fourth-order valence-electron chi connectivity index (χ4n) is 2.64. The topological polar surface area (TPSA) is 64.6 Å². The minimum atomic E-state index is -0.603. The SMILES string of the molecule is CC(C)(C)CC(C)(C)NC(=O)COC(=O)COc1ccc(Cl)cc1. The van der Waals surface area contributed by atoms with Crippen LogP contribution < -0.4 is 10.1 Å². The van der Waals surface area contributed by atoms with Crippen molar-refractivity contribution in [1.82, 2.24) is 5.32 Å². The van der Waals surface area contributed by atoms with E-state index < -0.39 is 5.97 Å². The molecular formula is C18H26ClNO4. The highest BCUT2D eigenvalue weighted by Crippen LogP contribution is 2.26. The van der Waals surface area contributed by atoms with Gasteiger partial charge >= 0.3 is 5.97 Å². The largest absolute Gasteiger partial charge is 0.482 e. The van der Waals surface area contributed by atoms with Crippen LogP contribution >= 0.6 is 11.6 Å². The lowest BCUT2D eigenvalue weighted by Crippen LogP contribution is -2.47. The molecule has 0 aliphatic heterocycles. The average Bonchev–Trinajstić information content (AvgIpc) is 2.41. The van der Waals surface area contributed by atoms with Crippen LogP contribution in [-0.4, -0.2) is 30.6 Å². The van der Waals surface area contributed by atoms with Crippen molar-refractivity contribution in [2.75, 3.05) is 13.2 Å². The first-order chi connectivity index (χ1) is 11.0. The molecule has 134 valence electrons. The van der Waals surface area contributed by atoms with Gasteiger partial charge in [-0.1, -0.05) is 32.4 Å². The molecule has 1 rings (SSSR count). The van der Waals surface area contributed by atoms with Gasteiger partial charge in [-0.2, -0.15) is 0 Å². The molecule has 0 spiro atoms. The van der Waals surface area contributed by atoms with Gasteiger partial charge in [-0.05, 0) is 49.9 Å². The number of nitrogens with one attached hydrogen (secondary N) is 1. The molecule has 5 nitrogen and oxygen atoms in total. The van der Waals surface area contributed by atoms with E-state index in [9.17, 15) is 9.59 Å². The second-order valence-corrected chi connectivity index (χ2v) is 8.01. The van der Waals surface area contributed by atoms with E-state index in [2.05, 4.69) is 26.1 Å². The summed E-state index contributed by atoms with van der Waals surface area (Å²) in [5, 5.41) is 3.46. The highest BCUT2D eigenvalue weighted by atomic mass is 35.5. The zero-order valence-corrected chi connectivity index (χ0v) is 15.7. The first-order valence-corrected chi connectivity index (χ1v) is 8.20. The Labute approximate surface area is 148 Å². The number of hydrogen-bond acceptors (Lipinski definition) is 4. The number of halogens is 1. The lowest BCUT2D eigenvalue weighted by Gasteiger charge is -2.33. The van der Waals surface area contributed by atoms with Gasteiger partial charge in [0, 0.05) is 10.6 Å². The molecule has 1 aromatic carbocycles. The van der Waals surface area contributed by atoms with Gasteiger partial charge in [0.15, 0.2) is 13.2 Å². The summed E-state index contributed by atoms with van der Waals surface area (Å²) in [6, 6.07) is 6.62. The van der Waals surface area contributed by atoms with Gasteiger partial charge in [0.25, 0.3) is 5.91 Å². The Hall–Kier alpha value is -1.75. The molecule has 0 aliphatic rings. The van der Waals surface area contributed by atoms with E-state index in [4.69, 9.17) is 21.1 Å². The van der Waals surface area contributed by atoms with Gasteiger partial charge in [0.2, 0.25) is 0 Å². The Balaban J connectivity index is 2.33. The molecule has 0 radical (unpaired) electrons. The minimum Gasteiger partial charge on any atom is -0.482 e. The summed E-state index contributed by atoms with van der Waals surface area (Å²) in [6.07, 6.45) is 0.805. The maximum Gasteiger partial charge on any atom is 0.344 e. The maximum absolute atomic E-state index is 11.9. The third kappa shape index (κ3) is 8.77. The van der Waals surface area contributed by atoms with Crippen LogP contribution in [0.25, 0.3) is 0 Å². The number of carbonyl (C=O) groups is 2. The molecule has 1 amide bonds. The summed E-state index contributed by atoms with van der Waals surface area (Å²) in [7, 11) is 0. The van der Waals surface area contributed by atoms with Crippen molar-refractivity contribution in [3.05, 3.63) is 29.3 Å². The van der Waals surface area contributed by atoms with Gasteiger partial charge < -0.3 is 14.8 Å². The zero-order valence-electron chi connectivity index (χ0n) is 14.9. The molecule has 1 N–H and O–H groups in total. The molecule has 0 bridgehead atoms. The van der Waals surface area contributed by atoms with Gasteiger partial charge in [0.05, 0.1) is 0 Å². The molecule has 0 heterocycles. The van der Waals surface area contributed by atoms with Crippen molar-refractivity contribution < 1.29 is 19.1 Å². The van der Waals surface area contributed by atoms with Crippen LogP contribution in [0.5, 0.6) is 5.75 Å². The molecule has 0 saturated heterocycles. The number of rotatable bonds is 7. The van der Waals surface area contributed by atoms with Crippen LogP contribution in [0, 0.1) is 5.41 Å². The number of hydrogen-bond donors (Lipinski definition) is 1. The molecule has 24 heavy (non-hydrogen) atoms. The quantitative estimate of drug-likeness (QED) is 0.759. The number of carbonyl (C=O) groups excluding carboxylic acids is 2. The summed E-state index contributed by atoms with van der Waals surface area (Å²) in [5.74, 6) is -0.426. The Morgan fingerprint density at radius 1 is 1.04 bits per heavy atom. The monoisotopic (exact) mass is 355 g/mol. The third-order valence-corrected chi connectivity index (χ3v) is 3.24. The van der Waals surface area contributed by atoms with Crippen LogP contribution in [0.3, 0.4) is 0 Å². The van der Waals surface area contributed by atoms with Crippen molar-refractivity contribution in [2.24, 2.45) is 5.41 Å². The Morgan fingerprint density at radius 3 is 2.17 bits per heavy atom. The van der Waals surface area contributed by atoms with Crippen molar-refractivity contribution in [1.29, 1.82) is 0 Å². The normalized spacial score (nSPS) is 11.8. The summed E-state index contributed by atoms with van der Waals surface area (Å²) >= 11 is 5.76. The predicted molar refractivity (Wildman–Crippen MR) is 94.2 cm³/mol. The zero-order chi connectivity index (χ0) is 18.4. The van der Waals surface area contributed by atoms with Crippen molar-refractivity contribution in [3.63, 3.8) is 0 Å². The number of ether oxygens (including phenoxy) is 2. The number of amides is 1.